The number of rotatable bonds is 7. The summed E-state index contributed by atoms with van der Waals surface area (Å²) in [5.41, 5.74) is 1.37. The summed E-state index contributed by atoms with van der Waals surface area (Å²) in [5, 5.41) is 18.8. The van der Waals surface area contributed by atoms with Gasteiger partial charge in [0, 0.05) is 12.1 Å². The maximum absolute atomic E-state index is 12.8. The van der Waals surface area contributed by atoms with Crippen LogP contribution in [-0.2, 0) is 16.1 Å². The van der Waals surface area contributed by atoms with Crippen LogP contribution >= 0.6 is 0 Å². The number of ether oxygens (including phenoxy) is 1. The Hall–Kier alpha value is -3.72. The number of nitrogens with one attached hydrogen (secondary N) is 1. The monoisotopic (exact) mass is 408 g/mol. The third-order valence-corrected chi connectivity index (χ3v) is 4.77. The van der Waals surface area contributed by atoms with Crippen molar-refractivity contribution in [1.29, 1.82) is 0 Å². The predicted molar refractivity (Wildman–Crippen MR) is 103 cm³/mol. The molecule has 2 amide bonds. The van der Waals surface area contributed by atoms with E-state index in [0.717, 1.165) is 4.90 Å². The quantitative estimate of drug-likeness (QED) is 0.456. The van der Waals surface area contributed by atoms with Gasteiger partial charge in [0.1, 0.15) is 5.75 Å². The molecule has 2 heterocycles. The second kappa shape index (κ2) is 8.34. The number of nitrogens with zero attached hydrogens (tertiary/aromatic N) is 3. The molecule has 0 saturated carbocycles. The van der Waals surface area contributed by atoms with Gasteiger partial charge in [-0.1, -0.05) is 18.2 Å². The Morgan fingerprint density at radius 1 is 1.20 bits per heavy atom. The number of para-hydroxylation sites is 1. The summed E-state index contributed by atoms with van der Waals surface area (Å²) in [5.74, 6) is -0.632. The smallest absolute Gasteiger partial charge is 0.253 e. The minimum Gasteiger partial charge on any atom is -0.539 e. The van der Waals surface area contributed by atoms with Gasteiger partial charge in [0.2, 0.25) is 11.6 Å². The topological polar surface area (TPSA) is 112 Å². The van der Waals surface area contributed by atoms with Gasteiger partial charge in [0.25, 0.3) is 11.6 Å². The molecule has 0 bridgehead atoms. The molecule has 1 N–H and O–H groups in total. The number of imide groups is 1. The van der Waals surface area contributed by atoms with Gasteiger partial charge in [-0.3, -0.25) is 14.9 Å². The molecule has 1 aliphatic rings. The maximum Gasteiger partial charge on any atom is 0.253 e. The lowest BCUT2D eigenvalue weighted by Crippen LogP contribution is -2.43. The number of carbonyl (C=O) groups excluding carboxylic acids is 2. The highest BCUT2D eigenvalue weighted by Crippen LogP contribution is 2.25. The number of carbonyl (C=O) groups is 2. The second-order valence-electron chi connectivity index (χ2n) is 6.69. The van der Waals surface area contributed by atoms with E-state index in [4.69, 9.17) is 9.26 Å². The summed E-state index contributed by atoms with van der Waals surface area (Å²) >= 11 is 0. The number of hydrogen-bond acceptors (Lipinski definition) is 7. The molecule has 1 aromatic heterocycles. The fourth-order valence-electron chi connectivity index (χ4n) is 3.33. The van der Waals surface area contributed by atoms with Crippen molar-refractivity contribution in [3.05, 3.63) is 60.3 Å². The molecule has 1 unspecified atom stereocenters. The maximum atomic E-state index is 12.8. The molecule has 0 radical (unpaired) electrons. The van der Waals surface area contributed by atoms with E-state index in [-0.39, 0.29) is 30.5 Å². The van der Waals surface area contributed by atoms with Gasteiger partial charge in [0.05, 0.1) is 36.6 Å². The van der Waals surface area contributed by atoms with E-state index in [0.29, 0.717) is 23.7 Å². The summed E-state index contributed by atoms with van der Waals surface area (Å²) in [6.45, 7) is 2.43. The molecular weight excluding hydrogens is 388 g/mol. The van der Waals surface area contributed by atoms with Gasteiger partial charge < -0.3 is 14.4 Å². The van der Waals surface area contributed by atoms with Crippen molar-refractivity contribution in [2.24, 2.45) is 0 Å². The molecule has 9 nitrogen and oxygen atoms in total. The summed E-state index contributed by atoms with van der Waals surface area (Å²) in [4.78, 5) is 26.4. The molecule has 154 valence electrons. The minimum absolute atomic E-state index is 0.00312. The Morgan fingerprint density at radius 3 is 2.63 bits per heavy atom. The Kier molecular flexibility index (Phi) is 5.44. The molecule has 4 rings (SSSR count). The van der Waals surface area contributed by atoms with Crippen molar-refractivity contribution >= 4 is 17.5 Å². The van der Waals surface area contributed by atoms with Crippen molar-refractivity contribution in [3.63, 3.8) is 0 Å². The number of amides is 2. The predicted octanol–water partition coefficient (Wildman–Crippen LogP) is 0.845. The van der Waals surface area contributed by atoms with Crippen molar-refractivity contribution in [1.82, 2.24) is 10.6 Å². The molecule has 1 fully saturated rings. The number of aromatic nitrogens is 2. The Balaban J connectivity index is 1.48. The van der Waals surface area contributed by atoms with E-state index in [1.807, 2.05) is 25.1 Å². The molecule has 3 aromatic rings. The molecule has 9 heteroatoms. The van der Waals surface area contributed by atoms with Crippen LogP contribution in [0.25, 0.3) is 5.69 Å². The third kappa shape index (κ3) is 3.74. The zero-order valence-corrected chi connectivity index (χ0v) is 16.3. The lowest BCUT2D eigenvalue weighted by Gasteiger charge is -2.15. The van der Waals surface area contributed by atoms with Gasteiger partial charge in [0.15, 0.2) is 5.95 Å². The molecular formula is C21H20N4O5. The van der Waals surface area contributed by atoms with Crippen LogP contribution in [0.2, 0.25) is 0 Å². The highest BCUT2D eigenvalue weighted by atomic mass is 16.6. The lowest BCUT2D eigenvalue weighted by molar-refractivity contribution is -0.677. The Morgan fingerprint density at radius 2 is 1.93 bits per heavy atom. The van der Waals surface area contributed by atoms with Gasteiger partial charge in [-0.05, 0) is 35.9 Å². The van der Waals surface area contributed by atoms with Gasteiger partial charge in [-0.25, -0.2) is 4.90 Å². The summed E-state index contributed by atoms with van der Waals surface area (Å²) < 4.78 is 11.5. The van der Waals surface area contributed by atoms with Crippen LogP contribution in [0.1, 0.15) is 19.0 Å². The zero-order valence-electron chi connectivity index (χ0n) is 16.3. The minimum atomic E-state index is -0.748. The zero-order chi connectivity index (χ0) is 21.1. The average Bonchev–Trinajstić information content (AvgIpc) is 3.26. The molecule has 0 spiro atoms. The highest BCUT2D eigenvalue weighted by Gasteiger charge is 2.40. The van der Waals surface area contributed by atoms with Gasteiger partial charge in [-0.2, -0.15) is 0 Å². The number of anilines is 1. The molecule has 30 heavy (non-hydrogen) atoms. The van der Waals surface area contributed by atoms with Crippen molar-refractivity contribution < 1.29 is 28.6 Å². The van der Waals surface area contributed by atoms with Crippen LogP contribution < -0.4 is 24.7 Å². The van der Waals surface area contributed by atoms with Crippen molar-refractivity contribution in [3.8, 4) is 17.4 Å². The fourth-order valence-corrected chi connectivity index (χ4v) is 3.33. The van der Waals surface area contributed by atoms with E-state index < -0.39 is 12.0 Å². The highest BCUT2D eigenvalue weighted by molar-refractivity contribution is 6.22. The van der Waals surface area contributed by atoms with E-state index >= 15 is 0 Å². The Labute approximate surface area is 172 Å². The first-order chi connectivity index (χ1) is 14.6. The van der Waals surface area contributed by atoms with E-state index in [2.05, 4.69) is 10.6 Å². The third-order valence-electron chi connectivity index (χ3n) is 4.77. The normalized spacial score (nSPS) is 16.3. The van der Waals surface area contributed by atoms with Crippen LogP contribution in [0.3, 0.4) is 0 Å². The molecule has 1 saturated heterocycles. The number of hydrogen-bond donors (Lipinski definition) is 1. The Bertz CT molecular complexity index is 1050. The molecule has 2 aromatic carbocycles. The number of benzene rings is 2. The fraction of sp³-hybridized carbons (Fsp3) is 0.238. The van der Waals surface area contributed by atoms with Crippen LogP contribution in [0.4, 0.5) is 5.69 Å². The van der Waals surface area contributed by atoms with Crippen LogP contribution in [0.5, 0.6) is 11.7 Å². The average molecular weight is 408 g/mol. The molecule has 1 atom stereocenters. The summed E-state index contributed by atoms with van der Waals surface area (Å²) in [7, 11) is 0. The standard InChI is InChI=1S/C21H20N4O5/c1-2-29-16-10-8-14(9-11-16)24-19(26)12-17(20(24)27)22-13-18-21(28)30-23-25(18)15-6-4-3-5-7-15/h3-11,17,22H,2,12-13H2,1H3. The molecule has 1 aliphatic heterocycles. The van der Waals surface area contributed by atoms with E-state index in [9.17, 15) is 14.7 Å². The lowest BCUT2D eigenvalue weighted by atomic mass is 10.2. The molecule has 0 aliphatic carbocycles. The first-order valence-electron chi connectivity index (χ1n) is 9.55. The van der Waals surface area contributed by atoms with E-state index in [1.54, 1.807) is 36.4 Å². The summed E-state index contributed by atoms with van der Waals surface area (Å²) in [6, 6.07) is 15.0. The first kappa shape index (κ1) is 19.6. The van der Waals surface area contributed by atoms with Crippen molar-refractivity contribution in [2.75, 3.05) is 11.5 Å². The van der Waals surface area contributed by atoms with Crippen molar-refractivity contribution in [2.45, 2.75) is 25.9 Å². The van der Waals surface area contributed by atoms with Gasteiger partial charge in [-0.15, -0.1) is 0 Å². The largest absolute Gasteiger partial charge is 0.539 e. The van der Waals surface area contributed by atoms with Crippen LogP contribution in [0.15, 0.2) is 59.1 Å². The van der Waals surface area contributed by atoms with Gasteiger partial charge >= 0.3 is 0 Å². The summed E-state index contributed by atoms with van der Waals surface area (Å²) in [6.07, 6.45) is -0.00312. The second-order valence-corrected chi connectivity index (χ2v) is 6.69. The van der Waals surface area contributed by atoms with E-state index in [1.165, 1.54) is 4.68 Å². The SMILES string of the molecule is CCOc1ccc(N2C(=O)CC(NCc3c([O-])on[n+]3-c3ccccc3)C2=O)cc1. The van der Waals surface area contributed by atoms with Crippen LogP contribution in [0, 0.1) is 0 Å². The van der Waals surface area contributed by atoms with Crippen LogP contribution in [-0.4, -0.2) is 29.7 Å². The first-order valence-corrected chi connectivity index (χ1v) is 9.55.